The Kier molecular flexibility index (Phi) is 4.56. The summed E-state index contributed by atoms with van der Waals surface area (Å²) in [7, 11) is -1.57. The number of thiophene rings is 1. The van der Waals surface area contributed by atoms with Gasteiger partial charge in [0.2, 0.25) is 0 Å². The van der Waals surface area contributed by atoms with E-state index in [0.29, 0.717) is 23.8 Å². The second kappa shape index (κ2) is 5.73. The van der Waals surface area contributed by atoms with E-state index < -0.39 is 15.6 Å². The second-order valence-corrected chi connectivity index (χ2v) is 9.07. The van der Waals surface area contributed by atoms with Gasteiger partial charge >= 0.3 is 0 Å². The van der Waals surface area contributed by atoms with Gasteiger partial charge in [0.1, 0.15) is 4.21 Å². The number of nitrogens with one attached hydrogen (secondary N) is 1. The second-order valence-electron chi connectivity index (χ2n) is 5.74. The van der Waals surface area contributed by atoms with Crippen molar-refractivity contribution in [2.75, 3.05) is 20.1 Å². The van der Waals surface area contributed by atoms with Crippen molar-refractivity contribution in [3.05, 3.63) is 17.0 Å². The lowest BCUT2D eigenvalue weighted by Gasteiger charge is -2.40. The molecular weight excluding hydrogens is 296 g/mol. The lowest BCUT2D eigenvalue weighted by Crippen LogP contribution is -2.53. The van der Waals surface area contributed by atoms with Gasteiger partial charge < -0.3 is 10.1 Å². The maximum Gasteiger partial charge on any atom is 0.252 e. The van der Waals surface area contributed by atoms with Crippen LogP contribution in [0.25, 0.3) is 0 Å². The van der Waals surface area contributed by atoms with E-state index in [9.17, 15) is 8.42 Å². The third-order valence-corrected chi connectivity index (χ3v) is 6.48. The Hall–Kier alpha value is -0.470. The Labute approximate surface area is 125 Å². The molecule has 0 saturated carbocycles. The lowest BCUT2D eigenvalue weighted by molar-refractivity contribution is -0.109. The monoisotopic (exact) mass is 318 g/mol. The number of hydrogen-bond donors (Lipinski definition) is 1. The van der Waals surface area contributed by atoms with Gasteiger partial charge in [-0.05, 0) is 40.0 Å². The quantitative estimate of drug-likeness (QED) is 0.917. The van der Waals surface area contributed by atoms with Crippen molar-refractivity contribution in [1.29, 1.82) is 0 Å². The van der Waals surface area contributed by atoms with Crippen molar-refractivity contribution in [3.63, 3.8) is 0 Å². The maximum atomic E-state index is 12.7. The van der Waals surface area contributed by atoms with Crippen LogP contribution in [0.2, 0.25) is 0 Å². The highest BCUT2D eigenvalue weighted by Crippen LogP contribution is 2.29. The minimum Gasteiger partial charge on any atom is -0.370 e. The zero-order chi connectivity index (χ0) is 15.0. The van der Waals surface area contributed by atoms with Crippen LogP contribution in [0.4, 0.5) is 0 Å². The molecule has 1 N–H and O–H groups in total. The van der Waals surface area contributed by atoms with Crippen molar-refractivity contribution < 1.29 is 13.2 Å². The third kappa shape index (κ3) is 3.40. The molecule has 1 atom stereocenters. The summed E-state index contributed by atoms with van der Waals surface area (Å²) in [6, 6.07) is 3.56. The minimum absolute atomic E-state index is 0.0923. The van der Waals surface area contributed by atoms with Gasteiger partial charge in [-0.15, -0.1) is 11.3 Å². The van der Waals surface area contributed by atoms with E-state index in [1.54, 1.807) is 6.07 Å². The normalized spacial score (nSPS) is 23.9. The minimum atomic E-state index is -3.42. The average Bonchev–Trinajstić information content (AvgIpc) is 2.76. The first-order chi connectivity index (χ1) is 9.24. The highest BCUT2D eigenvalue weighted by atomic mass is 32.2. The molecule has 1 saturated heterocycles. The van der Waals surface area contributed by atoms with Gasteiger partial charge in [0, 0.05) is 24.5 Å². The Morgan fingerprint density at radius 2 is 2.20 bits per heavy atom. The summed E-state index contributed by atoms with van der Waals surface area (Å²) in [5.41, 5.74) is -0.449. The zero-order valence-corrected chi connectivity index (χ0v) is 14.0. The molecule has 1 unspecified atom stereocenters. The fourth-order valence-electron chi connectivity index (χ4n) is 2.47. The topological polar surface area (TPSA) is 58.6 Å². The van der Waals surface area contributed by atoms with Gasteiger partial charge in [-0.1, -0.05) is 0 Å². The summed E-state index contributed by atoms with van der Waals surface area (Å²) in [6.45, 7) is 7.23. The molecule has 2 heterocycles. The summed E-state index contributed by atoms with van der Waals surface area (Å²) in [5.74, 6) is 0. The summed E-state index contributed by atoms with van der Waals surface area (Å²) < 4.78 is 33.1. The first kappa shape index (κ1) is 15.9. The molecule has 1 aromatic rings. The van der Waals surface area contributed by atoms with Crippen LogP contribution in [0.3, 0.4) is 0 Å². The molecule has 20 heavy (non-hydrogen) atoms. The summed E-state index contributed by atoms with van der Waals surface area (Å²) in [4.78, 5) is 1.02. The number of hydrogen-bond acceptors (Lipinski definition) is 5. The predicted octanol–water partition coefficient (Wildman–Crippen LogP) is 1.66. The van der Waals surface area contributed by atoms with E-state index in [4.69, 9.17) is 4.74 Å². The fraction of sp³-hybridized carbons (Fsp3) is 0.692. The molecule has 7 heteroatoms. The molecule has 114 valence electrons. The van der Waals surface area contributed by atoms with Gasteiger partial charge in [-0.2, -0.15) is 4.31 Å². The van der Waals surface area contributed by atoms with Crippen LogP contribution in [0.5, 0.6) is 0 Å². The smallest absolute Gasteiger partial charge is 0.252 e. The van der Waals surface area contributed by atoms with Crippen molar-refractivity contribution in [1.82, 2.24) is 9.62 Å². The van der Waals surface area contributed by atoms with Crippen LogP contribution in [0.15, 0.2) is 16.3 Å². The molecule has 1 fully saturated rings. The van der Waals surface area contributed by atoms with Crippen LogP contribution in [-0.2, 0) is 21.3 Å². The Morgan fingerprint density at radius 3 is 2.80 bits per heavy atom. The first-order valence-corrected chi connectivity index (χ1v) is 8.91. The van der Waals surface area contributed by atoms with Crippen LogP contribution in [0, 0.1) is 0 Å². The zero-order valence-electron chi connectivity index (χ0n) is 12.3. The number of sulfonamides is 1. The molecule has 5 nitrogen and oxygen atoms in total. The molecule has 1 aliphatic heterocycles. The molecule has 2 rings (SSSR count). The van der Waals surface area contributed by atoms with Crippen molar-refractivity contribution in [3.8, 4) is 0 Å². The number of nitrogens with zero attached hydrogens (tertiary/aromatic N) is 1. The summed E-state index contributed by atoms with van der Waals surface area (Å²) >= 11 is 1.33. The lowest BCUT2D eigenvalue weighted by atomic mass is 10.1. The molecule has 1 aliphatic rings. The van der Waals surface area contributed by atoms with E-state index in [0.717, 1.165) is 4.88 Å². The van der Waals surface area contributed by atoms with Crippen LogP contribution >= 0.6 is 11.3 Å². The summed E-state index contributed by atoms with van der Waals surface area (Å²) in [6.07, 6.45) is -0.0923. The number of morpholine rings is 1. The van der Waals surface area contributed by atoms with Gasteiger partial charge in [-0.25, -0.2) is 8.42 Å². The van der Waals surface area contributed by atoms with Gasteiger partial charge in [0.15, 0.2) is 0 Å². The molecule has 0 aliphatic carbocycles. The molecule has 0 radical (unpaired) electrons. The Morgan fingerprint density at radius 1 is 1.50 bits per heavy atom. The fourth-order valence-corrected chi connectivity index (χ4v) is 5.66. The highest BCUT2D eigenvalue weighted by Gasteiger charge is 2.38. The van der Waals surface area contributed by atoms with Crippen molar-refractivity contribution in [2.45, 2.75) is 43.2 Å². The van der Waals surface area contributed by atoms with Crippen LogP contribution in [0.1, 0.15) is 25.6 Å². The largest absolute Gasteiger partial charge is 0.370 e. The SMILES string of the molecule is CNCc1ccc(S(=O)(=O)N2CC(C)OC(C)(C)C2)s1. The summed E-state index contributed by atoms with van der Waals surface area (Å²) in [5, 5.41) is 3.03. The standard InChI is InChI=1S/C13H22N2O3S2/c1-10-8-15(9-13(2,3)18-10)20(16,17)12-6-5-11(19-12)7-14-4/h5-6,10,14H,7-9H2,1-4H3. The maximum absolute atomic E-state index is 12.7. The van der Waals surface area contributed by atoms with E-state index in [1.165, 1.54) is 15.6 Å². The van der Waals surface area contributed by atoms with Gasteiger partial charge in [0.05, 0.1) is 11.7 Å². The van der Waals surface area contributed by atoms with Crippen molar-refractivity contribution >= 4 is 21.4 Å². The number of ether oxygens (including phenoxy) is 1. The molecule has 0 spiro atoms. The molecular formula is C13H22N2O3S2. The third-order valence-electron chi connectivity index (χ3n) is 3.12. The molecule has 0 aromatic carbocycles. The van der Waals surface area contributed by atoms with E-state index in [1.807, 2.05) is 33.9 Å². The highest BCUT2D eigenvalue weighted by molar-refractivity contribution is 7.91. The Bertz CT molecular complexity index is 566. The predicted molar refractivity (Wildman–Crippen MR) is 80.5 cm³/mol. The molecule has 1 aromatic heterocycles. The molecule has 0 amide bonds. The Balaban J connectivity index is 2.24. The van der Waals surface area contributed by atoms with Crippen LogP contribution in [-0.4, -0.2) is 44.6 Å². The van der Waals surface area contributed by atoms with Crippen molar-refractivity contribution in [2.24, 2.45) is 0 Å². The van der Waals surface area contributed by atoms with Gasteiger partial charge in [0.25, 0.3) is 10.0 Å². The van der Waals surface area contributed by atoms with E-state index in [-0.39, 0.29) is 6.10 Å². The first-order valence-electron chi connectivity index (χ1n) is 6.66. The van der Waals surface area contributed by atoms with E-state index >= 15 is 0 Å². The molecule has 0 bridgehead atoms. The number of rotatable bonds is 4. The van der Waals surface area contributed by atoms with Crippen LogP contribution < -0.4 is 5.32 Å². The van der Waals surface area contributed by atoms with E-state index in [2.05, 4.69) is 5.32 Å². The average molecular weight is 318 g/mol. The van der Waals surface area contributed by atoms with Gasteiger partial charge in [-0.3, -0.25) is 0 Å².